The zero-order valence-corrected chi connectivity index (χ0v) is 18.2. The molecule has 5 heteroatoms. The predicted molar refractivity (Wildman–Crippen MR) is 122 cm³/mol. The summed E-state index contributed by atoms with van der Waals surface area (Å²) in [5.74, 6) is 1.15. The number of nitrogens with zero attached hydrogens (tertiary/aromatic N) is 4. The van der Waals surface area contributed by atoms with E-state index in [9.17, 15) is 4.79 Å². The third-order valence-electron chi connectivity index (χ3n) is 6.10. The number of amides is 1. The lowest BCUT2D eigenvalue weighted by molar-refractivity contribution is -0.131. The van der Waals surface area contributed by atoms with Crippen LogP contribution in [0.3, 0.4) is 0 Å². The molecule has 0 saturated carbocycles. The van der Waals surface area contributed by atoms with Gasteiger partial charge < -0.3 is 9.47 Å². The van der Waals surface area contributed by atoms with Crippen molar-refractivity contribution in [2.24, 2.45) is 0 Å². The summed E-state index contributed by atoms with van der Waals surface area (Å²) in [7, 11) is 0. The summed E-state index contributed by atoms with van der Waals surface area (Å²) in [6.45, 7) is 7.42. The number of rotatable bonds is 4. The van der Waals surface area contributed by atoms with Gasteiger partial charge in [-0.05, 0) is 61.7 Å². The molecule has 0 bridgehead atoms. The molecule has 0 aliphatic carbocycles. The van der Waals surface area contributed by atoms with Gasteiger partial charge in [0.05, 0.1) is 30.9 Å². The second-order valence-electron chi connectivity index (χ2n) is 8.44. The van der Waals surface area contributed by atoms with Crippen LogP contribution in [0.25, 0.3) is 11.5 Å². The topological polar surface area (TPSA) is 43.1 Å². The highest BCUT2D eigenvalue weighted by Gasteiger charge is 2.31. The van der Waals surface area contributed by atoms with E-state index >= 15 is 0 Å². The molecule has 2 aromatic heterocycles. The van der Waals surface area contributed by atoms with Gasteiger partial charge in [0.15, 0.2) is 0 Å². The molecule has 0 fully saturated rings. The van der Waals surface area contributed by atoms with E-state index in [0.29, 0.717) is 19.5 Å². The predicted octanol–water partition coefficient (Wildman–Crippen LogP) is 4.67. The highest BCUT2D eigenvalue weighted by atomic mass is 16.2. The standard InChI is InChI=1S/C26H26N4O/c1-18-7-6-8-21(13-18)15-25(31)29-16-23-24(17-29)27-30(26(23)28-11-4-5-12-28)22-10-9-19(2)20(3)14-22/h4-14H,15-17H2,1-3H3. The highest BCUT2D eigenvalue weighted by Crippen LogP contribution is 2.31. The molecule has 31 heavy (non-hydrogen) atoms. The van der Waals surface area contributed by atoms with Crippen molar-refractivity contribution in [1.82, 2.24) is 19.2 Å². The minimum atomic E-state index is 0.139. The van der Waals surface area contributed by atoms with Crippen LogP contribution in [0.4, 0.5) is 0 Å². The molecule has 3 heterocycles. The average molecular weight is 411 g/mol. The zero-order valence-electron chi connectivity index (χ0n) is 18.2. The van der Waals surface area contributed by atoms with Crippen molar-refractivity contribution in [3.05, 3.63) is 101 Å². The molecular formula is C26H26N4O. The van der Waals surface area contributed by atoms with Crippen molar-refractivity contribution < 1.29 is 4.79 Å². The first-order chi connectivity index (χ1) is 15.0. The Hall–Kier alpha value is -3.60. The second-order valence-corrected chi connectivity index (χ2v) is 8.44. The van der Waals surface area contributed by atoms with Gasteiger partial charge in [-0.2, -0.15) is 5.10 Å². The maximum atomic E-state index is 13.0. The monoisotopic (exact) mass is 410 g/mol. The van der Waals surface area contributed by atoms with Gasteiger partial charge in [-0.3, -0.25) is 4.79 Å². The quantitative estimate of drug-likeness (QED) is 0.491. The SMILES string of the molecule is Cc1cccc(CC(=O)N2Cc3nn(-c4ccc(C)c(C)c4)c(-n4cccc4)c3C2)c1. The van der Waals surface area contributed by atoms with Crippen molar-refractivity contribution in [3.63, 3.8) is 0 Å². The number of aromatic nitrogens is 3. The zero-order chi connectivity index (χ0) is 21.5. The lowest BCUT2D eigenvalue weighted by atomic mass is 10.1. The van der Waals surface area contributed by atoms with Gasteiger partial charge in [0.25, 0.3) is 0 Å². The molecule has 1 aliphatic rings. The Morgan fingerprint density at radius 1 is 0.935 bits per heavy atom. The van der Waals surface area contributed by atoms with Crippen LogP contribution in [0.2, 0.25) is 0 Å². The van der Waals surface area contributed by atoms with E-state index in [1.807, 2.05) is 46.2 Å². The third-order valence-corrected chi connectivity index (χ3v) is 6.10. The van der Waals surface area contributed by atoms with Crippen molar-refractivity contribution >= 4 is 5.91 Å². The van der Waals surface area contributed by atoms with E-state index in [0.717, 1.165) is 28.3 Å². The summed E-state index contributed by atoms with van der Waals surface area (Å²) in [4.78, 5) is 14.9. The smallest absolute Gasteiger partial charge is 0.227 e. The molecule has 1 amide bonds. The summed E-state index contributed by atoms with van der Waals surface area (Å²) < 4.78 is 4.11. The van der Waals surface area contributed by atoms with Gasteiger partial charge >= 0.3 is 0 Å². The highest BCUT2D eigenvalue weighted by molar-refractivity contribution is 5.79. The molecule has 2 aromatic carbocycles. The van der Waals surface area contributed by atoms with Crippen LogP contribution < -0.4 is 0 Å². The van der Waals surface area contributed by atoms with Crippen LogP contribution in [0.15, 0.2) is 67.0 Å². The number of fused-ring (bicyclic) bond motifs is 1. The first-order valence-corrected chi connectivity index (χ1v) is 10.6. The lowest BCUT2D eigenvalue weighted by Gasteiger charge is -2.18. The van der Waals surface area contributed by atoms with E-state index < -0.39 is 0 Å². The molecule has 0 spiro atoms. The largest absolute Gasteiger partial charge is 0.332 e. The Morgan fingerprint density at radius 2 is 1.74 bits per heavy atom. The second kappa shape index (κ2) is 7.58. The molecule has 0 atom stereocenters. The van der Waals surface area contributed by atoms with Crippen molar-refractivity contribution in [1.29, 1.82) is 0 Å². The van der Waals surface area contributed by atoms with Gasteiger partial charge in [-0.1, -0.05) is 35.9 Å². The molecule has 1 aliphatic heterocycles. The van der Waals surface area contributed by atoms with Crippen LogP contribution in [0, 0.1) is 20.8 Å². The van der Waals surface area contributed by atoms with Crippen LogP contribution in [-0.4, -0.2) is 25.2 Å². The van der Waals surface area contributed by atoms with Gasteiger partial charge in [0, 0.05) is 18.0 Å². The maximum absolute atomic E-state index is 13.0. The number of hydrogen-bond donors (Lipinski definition) is 0. The van der Waals surface area contributed by atoms with E-state index in [1.54, 1.807) is 0 Å². The number of carbonyl (C=O) groups excluding carboxylic acids is 1. The molecule has 156 valence electrons. The molecule has 0 radical (unpaired) electrons. The van der Waals surface area contributed by atoms with Crippen molar-refractivity contribution in [2.45, 2.75) is 40.3 Å². The van der Waals surface area contributed by atoms with E-state index in [2.05, 4.69) is 55.7 Å². The Labute approximate surface area is 182 Å². The van der Waals surface area contributed by atoms with E-state index in [1.165, 1.54) is 16.7 Å². The first kappa shape index (κ1) is 19.4. The summed E-state index contributed by atoms with van der Waals surface area (Å²) >= 11 is 0. The van der Waals surface area contributed by atoms with Gasteiger partial charge in [0.2, 0.25) is 5.91 Å². The fourth-order valence-corrected chi connectivity index (χ4v) is 4.27. The molecule has 0 unspecified atom stereocenters. The molecule has 5 rings (SSSR count). The van der Waals surface area contributed by atoms with Crippen LogP contribution in [0.1, 0.15) is 33.5 Å². The maximum Gasteiger partial charge on any atom is 0.227 e. The number of carbonyl (C=O) groups is 1. The van der Waals surface area contributed by atoms with Gasteiger partial charge in [-0.25, -0.2) is 4.68 Å². The lowest BCUT2D eigenvalue weighted by Crippen LogP contribution is -2.28. The average Bonchev–Trinajstić information content (AvgIpc) is 3.45. The van der Waals surface area contributed by atoms with Crippen molar-refractivity contribution in [2.75, 3.05) is 0 Å². The summed E-state index contributed by atoms with van der Waals surface area (Å²) in [5.41, 5.74) is 7.86. The van der Waals surface area contributed by atoms with E-state index in [-0.39, 0.29) is 5.91 Å². The fraction of sp³-hybridized carbons (Fsp3) is 0.231. The molecule has 0 saturated heterocycles. The van der Waals surface area contributed by atoms with Gasteiger partial charge in [-0.15, -0.1) is 0 Å². The van der Waals surface area contributed by atoms with Crippen LogP contribution in [-0.2, 0) is 24.3 Å². The summed E-state index contributed by atoms with van der Waals surface area (Å²) in [6.07, 6.45) is 4.49. The molecule has 5 nitrogen and oxygen atoms in total. The summed E-state index contributed by atoms with van der Waals surface area (Å²) in [6, 6.07) is 18.6. The van der Waals surface area contributed by atoms with Crippen LogP contribution >= 0.6 is 0 Å². The Kier molecular flexibility index (Phi) is 4.74. The molecule has 4 aromatic rings. The Morgan fingerprint density at radius 3 is 2.48 bits per heavy atom. The molecule has 0 N–H and O–H groups in total. The Balaban J connectivity index is 1.48. The van der Waals surface area contributed by atoms with Gasteiger partial charge in [0.1, 0.15) is 5.82 Å². The van der Waals surface area contributed by atoms with Crippen molar-refractivity contribution in [3.8, 4) is 11.5 Å². The third kappa shape index (κ3) is 3.56. The van der Waals surface area contributed by atoms with E-state index in [4.69, 9.17) is 5.10 Å². The molecular weight excluding hydrogens is 384 g/mol. The minimum Gasteiger partial charge on any atom is -0.332 e. The fourth-order valence-electron chi connectivity index (χ4n) is 4.27. The first-order valence-electron chi connectivity index (χ1n) is 10.6. The summed E-state index contributed by atoms with van der Waals surface area (Å²) in [5, 5.41) is 4.94. The Bertz CT molecular complexity index is 1270. The number of hydrogen-bond acceptors (Lipinski definition) is 2. The normalized spacial score (nSPS) is 12.9. The number of benzene rings is 2. The minimum absolute atomic E-state index is 0.139. The van der Waals surface area contributed by atoms with Crippen LogP contribution in [0.5, 0.6) is 0 Å². The number of aryl methyl sites for hydroxylation is 3.